The SMILES string of the molecule is COCCOCCCCNC(=O)c1ccc(CCN)cc1. The molecular formula is C16H26N2O3. The lowest BCUT2D eigenvalue weighted by atomic mass is 10.1. The number of unbranched alkanes of at least 4 members (excludes halogenated alkanes) is 1. The standard InChI is InChI=1S/C16H26N2O3/c1-20-12-13-21-11-3-2-10-18-16(19)15-6-4-14(5-7-15)8-9-17/h4-7H,2-3,8-13,17H2,1H3,(H,18,19). The van der Waals surface area contributed by atoms with Crippen LogP contribution in [-0.2, 0) is 15.9 Å². The van der Waals surface area contributed by atoms with Gasteiger partial charge < -0.3 is 20.5 Å². The number of hydrogen-bond acceptors (Lipinski definition) is 4. The van der Waals surface area contributed by atoms with Crippen LogP contribution in [0.3, 0.4) is 0 Å². The fraction of sp³-hybridized carbons (Fsp3) is 0.562. The van der Waals surface area contributed by atoms with Crippen LogP contribution in [0.5, 0.6) is 0 Å². The van der Waals surface area contributed by atoms with Gasteiger partial charge in [-0.15, -0.1) is 0 Å². The van der Waals surface area contributed by atoms with Crippen LogP contribution >= 0.6 is 0 Å². The molecule has 0 fully saturated rings. The molecule has 0 radical (unpaired) electrons. The van der Waals surface area contributed by atoms with E-state index in [-0.39, 0.29) is 5.91 Å². The molecule has 0 heterocycles. The highest BCUT2D eigenvalue weighted by Gasteiger charge is 2.04. The summed E-state index contributed by atoms with van der Waals surface area (Å²) in [5, 5.41) is 2.91. The summed E-state index contributed by atoms with van der Waals surface area (Å²) in [6.07, 6.45) is 2.67. The Morgan fingerprint density at radius 1 is 1.14 bits per heavy atom. The van der Waals surface area contributed by atoms with E-state index in [0.29, 0.717) is 38.5 Å². The van der Waals surface area contributed by atoms with E-state index in [9.17, 15) is 4.79 Å². The molecule has 3 N–H and O–H groups in total. The summed E-state index contributed by atoms with van der Waals surface area (Å²) in [6, 6.07) is 7.58. The molecule has 0 saturated heterocycles. The lowest BCUT2D eigenvalue weighted by Crippen LogP contribution is -2.24. The van der Waals surface area contributed by atoms with E-state index in [1.165, 1.54) is 0 Å². The second-order valence-electron chi connectivity index (χ2n) is 4.80. The van der Waals surface area contributed by atoms with Crippen molar-refractivity contribution < 1.29 is 14.3 Å². The van der Waals surface area contributed by atoms with Gasteiger partial charge in [0.25, 0.3) is 5.91 Å². The Morgan fingerprint density at radius 3 is 2.57 bits per heavy atom. The lowest BCUT2D eigenvalue weighted by molar-refractivity contribution is 0.0686. The van der Waals surface area contributed by atoms with E-state index in [1.54, 1.807) is 7.11 Å². The zero-order valence-electron chi connectivity index (χ0n) is 12.8. The van der Waals surface area contributed by atoms with Crippen molar-refractivity contribution in [1.29, 1.82) is 0 Å². The van der Waals surface area contributed by atoms with Crippen LogP contribution in [0.15, 0.2) is 24.3 Å². The van der Waals surface area contributed by atoms with Crippen LogP contribution in [-0.4, -0.2) is 45.9 Å². The first-order valence-electron chi connectivity index (χ1n) is 7.42. The van der Waals surface area contributed by atoms with E-state index in [1.807, 2.05) is 24.3 Å². The van der Waals surface area contributed by atoms with Gasteiger partial charge in [-0.25, -0.2) is 0 Å². The quantitative estimate of drug-likeness (QED) is 0.604. The fourth-order valence-corrected chi connectivity index (χ4v) is 1.87. The topological polar surface area (TPSA) is 73.6 Å². The number of methoxy groups -OCH3 is 1. The maximum Gasteiger partial charge on any atom is 0.251 e. The molecule has 21 heavy (non-hydrogen) atoms. The molecule has 1 amide bonds. The molecule has 0 saturated carbocycles. The molecular weight excluding hydrogens is 268 g/mol. The van der Waals surface area contributed by atoms with Crippen molar-refractivity contribution in [2.75, 3.05) is 40.0 Å². The molecule has 0 bridgehead atoms. The van der Waals surface area contributed by atoms with E-state index in [4.69, 9.17) is 15.2 Å². The molecule has 0 atom stereocenters. The maximum atomic E-state index is 11.9. The van der Waals surface area contributed by atoms with Gasteiger partial charge in [-0.2, -0.15) is 0 Å². The van der Waals surface area contributed by atoms with Crippen molar-refractivity contribution in [2.45, 2.75) is 19.3 Å². The van der Waals surface area contributed by atoms with Crippen LogP contribution in [0.4, 0.5) is 0 Å². The monoisotopic (exact) mass is 294 g/mol. The normalized spacial score (nSPS) is 10.6. The number of rotatable bonds is 11. The molecule has 1 aromatic rings. The zero-order chi connectivity index (χ0) is 15.3. The first-order chi connectivity index (χ1) is 10.3. The van der Waals surface area contributed by atoms with Crippen molar-refractivity contribution in [3.63, 3.8) is 0 Å². The molecule has 0 spiro atoms. The Kier molecular flexibility index (Phi) is 9.44. The Labute approximate surface area is 126 Å². The fourth-order valence-electron chi connectivity index (χ4n) is 1.87. The summed E-state index contributed by atoms with van der Waals surface area (Å²) in [5.74, 6) is -0.0328. The molecule has 1 rings (SSSR count). The smallest absolute Gasteiger partial charge is 0.251 e. The first kappa shape index (κ1) is 17.6. The molecule has 5 heteroatoms. The van der Waals surface area contributed by atoms with Gasteiger partial charge in [0.15, 0.2) is 0 Å². The van der Waals surface area contributed by atoms with Crippen LogP contribution < -0.4 is 11.1 Å². The molecule has 118 valence electrons. The van der Waals surface area contributed by atoms with Gasteiger partial charge in [0.05, 0.1) is 13.2 Å². The van der Waals surface area contributed by atoms with Gasteiger partial charge in [0, 0.05) is 25.8 Å². The third-order valence-electron chi connectivity index (χ3n) is 3.08. The number of benzene rings is 1. The number of ether oxygens (including phenoxy) is 2. The van der Waals surface area contributed by atoms with Gasteiger partial charge in [-0.05, 0) is 43.5 Å². The minimum Gasteiger partial charge on any atom is -0.382 e. The predicted molar refractivity (Wildman–Crippen MR) is 83.5 cm³/mol. The van der Waals surface area contributed by atoms with Gasteiger partial charge >= 0.3 is 0 Å². The number of hydrogen-bond donors (Lipinski definition) is 2. The Balaban J connectivity index is 2.13. The first-order valence-corrected chi connectivity index (χ1v) is 7.42. The van der Waals surface area contributed by atoms with Gasteiger partial charge in [-0.3, -0.25) is 4.79 Å². The lowest BCUT2D eigenvalue weighted by Gasteiger charge is -2.07. The van der Waals surface area contributed by atoms with Crippen molar-refractivity contribution in [1.82, 2.24) is 5.32 Å². The summed E-state index contributed by atoms with van der Waals surface area (Å²) in [4.78, 5) is 11.9. The van der Waals surface area contributed by atoms with E-state index in [2.05, 4.69) is 5.32 Å². The maximum absolute atomic E-state index is 11.9. The minimum absolute atomic E-state index is 0.0328. The summed E-state index contributed by atoms with van der Waals surface area (Å²) < 4.78 is 10.2. The second-order valence-corrected chi connectivity index (χ2v) is 4.80. The number of carbonyl (C=O) groups excluding carboxylic acids is 1. The molecule has 5 nitrogen and oxygen atoms in total. The van der Waals surface area contributed by atoms with Crippen LogP contribution in [0.1, 0.15) is 28.8 Å². The average molecular weight is 294 g/mol. The molecule has 0 aromatic heterocycles. The third kappa shape index (κ3) is 7.80. The number of carbonyl (C=O) groups is 1. The van der Waals surface area contributed by atoms with Gasteiger partial charge in [0.2, 0.25) is 0 Å². The largest absolute Gasteiger partial charge is 0.382 e. The van der Waals surface area contributed by atoms with Crippen LogP contribution in [0, 0.1) is 0 Å². The minimum atomic E-state index is -0.0328. The molecule has 0 unspecified atom stereocenters. The Hall–Kier alpha value is -1.43. The third-order valence-corrected chi connectivity index (χ3v) is 3.08. The zero-order valence-corrected chi connectivity index (χ0v) is 12.8. The molecule has 0 aliphatic heterocycles. The number of nitrogens with one attached hydrogen (secondary N) is 1. The highest BCUT2D eigenvalue weighted by molar-refractivity contribution is 5.94. The Bertz CT molecular complexity index is 393. The van der Waals surface area contributed by atoms with E-state index in [0.717, 1.165) is 24.8 Å². The van der Waals surface area contributed by atoms with Crippen LogP contribution in [0.2, 0.25) is 0 Å². The Morgan fingerprint density at radius 2 is 1.90 bits per heavy atom. The summed E-state index contributed by atoms with van der Waals surface area (Å²) in [5.41, 5.74) is 7.34. The van der Waals surface area contributed by atoms with Crippen molar-refractivity contribution >= 4 is 5.91 Å². The number of amides is 1. The van der Waals surface area contributed by atoms with Crippen LogP contribution in [0.25, 0.3) is 0 Å². The molecule has 0 aliphatic rings. The average Bonchev–Trinajstić information content (AvgIpc) is 2.51. The van der Waals surface area contributed by atoms with Crippen molar-refractivity contribution in [2.24, 2.45) is 5.73 Å². The predicted octanol–water partition coefficient (Wildman–Crippen LogP) is 1.36. The molecule has 0 aliphatic carbocycles. The van der Waals surface area contributed by atoms with Crippen molar-refractivity contribution in [3.8, 4) is 0 Å². The summed E-state index contributed by atoms with van der Waals surface area (Å²) in [7, 11) is 1.65. The second kappa shape index (κ2) is 11.3. The van der Waals surface area contributed by atoms with Gasteiger partial charge in [-0.1, -0.05) is 12.1 Å². The van der Waals surface area contributed by atoms with Crippen molar-refractivity contribution in [3.05, 3.63) is 35.4 Å². The summed E-state index contributed by atoms with van der Waals surface area (Å²) in [6.45, 7) is 3.23. The van der Waals surface area contributed by atoms with E-state index < -0.39 is 0 Å². The highest BCUT2D eigenvalue weighted by Crippen LogP contribution is 2.04. The number of nitrogens with two attached hydrogens (primary N) is 1. The van der Waals surface area contributed by atoms with Gasteiger partial charge in [0.1, 0.15) is 0 Å². The highest BCUT2D eigenvalue weighted by atomic mass is 16.5. The van der Waals surface area contributed by atoms with E-state index >= 15 is 0 Å². The molecule has 1 aromatic carbocycles. The summed E-state index contributed by atoms with van der Waals surface area (Å²) >= 11 is 0.